The first-order valence-corrected chi connectivity index (χ1v) is 6.71. The average Bonchev–Trinajstić information content (AvgIpc) is 2.28. The van der Waals surface area contributed by atoms with E-state index in [-0.39, 0.29) is 18.7 Å². The van der Waals surface area contributed by atoms with E-state index in [2.05, 4.69) is 15.9 Å². The van der Waals surface area contributed by atoms with Crippen LogP contribution in [0.15, 0.2) is 16.6 Å². The maximum atomic E-state index is 13.7. The summed E-state index contributed by atoms with van der Waals surface area (Å²) in [7, 11) is 0. The smallest absolute Gasteiger partial charge is 0.250 e. The van der Waals surface area contributed by atoms with Crippen molar-refractivity contribution in [3.8, 4) is 0 Å². The molecular weight excluding hydrogens is 307 g/mol. The predicted octanol–water partition coefficient (Wildman–Crippen LogP) is 4.13. The summed E-state index contributed by atoms with van der Waals surface area (Å²) in [5.41, 5.74) is 1.52. The molecule has 1 aromatic rings. The normalized spacial score (nSPS) is 20.1. The maximum absolute atomic E-state index is 13.7. The van der Waals surface area contributed by atoms with E-state index in [1.165, 1.54) is 6.07 Å². The Morgan fingerprint density at radius 2 is 1.89 bits per heavy atom. The Balaban J connectivity index is 2.04. The number of benzene rings is 1. The largest absolute Gasteiger partial charge is 0.299 e. The number of alkyl halides is 2. The van der Waals surface area contributed by atoms with Gasteiger partial charge in [-0.3, -0.25) is 4.90 Å². The van der Waals surface area contributed by atoms with Crippen molar-refractivity contribution in [3.05, 3.63) is 33.5 Å². The molecule has 0 bridgehead atoms. The van der Waals surface area contributed by atoms with Crippen molar-refractivity contribution in [1.82, 2.24) is 4.90 Å². The molecular formula is C13H15BrF3N. The molecule has 0 atom stereocenters. The van der Waals surface area contributed by atoms with Gasteiger partial charge < -0.3 is 0 Å². The Hall–Kier alpha value is -0.550. The SMILES string of the molecule is Cc1cc(CN2CCC(F)(F)CC2)c(F)cc1Br. The molecule has 18 heavy (non-hydrogen) atoms. The zero-order valence-electron chi connectivity index (χ0n) is 10.1. The highest BCUT2D eigenvalue weighted by molar-refractivity contribution is 9.10. The van der Waals surface area contributed by atoms with E-state index in [1.807, 2.05) is 11.8 Å². The van der Waals surface area contributed by atoms with Gasteiger partial charge in [-0.15, -0.1) is 0 Å². The fourth-order valence-corrected chi connectivity index (χ4v) is 2.43. The summed E-state index contributed by atoms with van der Waals surface area (Å²) in [6.07, 6.45) is -0.270. The van der Waals surface area contributed by atoms with Crippen LogP contribution in [0.3, 0.4) is 0 Å². The van der Waals surface area contributed by atoms with E-state index in [9.17, 15) is 13.2 Å². The molecule has 0 aromatic heterocycles. The monoisotopic (exact) mass is 321 g/mol. The zero-order chi connectivity index (χ0) is 13.3. The fraction of sp³-hybridized carbons (Fsp3) is 0.538. The van der Waals surface area contributed by atoms with E-state index in [0.29, 0.717) is 25.2 Å². The fourth-order valence-electron chi connectivity index (χ4n) is 2.12. The Kier molecular flexibility index (Phi) is 4.02. The van der Waals surface area contributed by atoms with Gasteiger partial charge in [0.05, 0.1) is 0 Å². The molecule has 1 aliphatic rings. The second-order valence-corrected chi connectivity index (χ2v) is 5.68. The second-order valence-electron chi connectivity index (χ2n) is 4.82. The van der Waals surface area contributed by atoms with Crippen LogP contribution in [0.4, 0.5) is 13.2 Å². The molecule has 0 unspecified atom stereocenters. The van der Waals surface area contributed by atoms with E-state index < -0.39 is 5.92 Å². The molecule has 5 heteroatoms. The van der Waals surface area contributed by atoms with Crippen LogP contribution in [0.25, 0.3) is 0 Å². The number of rotatable bonds is 2. The van der Waals surface area contributed by atoms with Crippen molar-refractivity contribution >= 4 is 15.9 Å². The van der Waals surface area contributed by atoms with Gasteiger partial charge in [0.1, 0.15) is 5.82 Å². The molecule has 0 radical (unpaired) electrons. The number of hydrogen-bond donors (Lipinski definition) is 0. The number of aryl methyl sites for hydroxylation is 1. The van der Waals surface area contributed by atoms with Crippen molar-refractivity contribution in [1.29, 1.82) is 0 Å². The minimum atomic E-state index is -2.55. The zero-order valence-corrected chi connectivity index (χ0v) is 11.7. The van der Waals surface area contributed by atoms with E-state index >= 15 is 0 Å². The lowest BCUT2D eigenvalue weighted by molar-refractivity contribution is -0.0567. The molecule has 1 fully saturated rings. The van der Waals surface area contributed by atoms with Crippen LogP contribution in [0.1, 0.15) is 24.0 Å². The van der Waals surface area contributed by atoms with E-state index in [4.69, 9.17) is 0 Å². The summed E-state index contributed by atoms with van der Waals surface area (Å²) in [5.74, 6) is -2.84. The first-order valence-electron chi connectivity index (χ1n) is 5.92. The molecule has 1 aliphatic heterocycles. The van der Waals surface area contributed by atoms with Crippen molar-refractivity contribution < 1.29 is 13.2 Å². The molecule has 1 heterocycles. The third-order valence-electron chi connectivity index (χ3n) is 3.31. The summed E-state index contributed by atoms with van der Waals surface area (Å²) < 4.78 is 40.5. The first kappa shape index (κ1) is 13.9. The standard InChI is InChI=1S/C13H15BrF3N/c1-9-6-10(12(15)7-11(9)14)8-18-4-2-13(16,17)3-5-18/h6-7H,2-5,8H2,1H3. The highest BCUT2D eigenvalue weighted by atomic mass is 79.9. The maximum Gasteiger partial charge on any atom is 0.250 e. The average molecular weight is 322 g/mol. The molecule has 1 nitrogen and oxygen atoms in total. The molecule has 0 saturated carbocycles. The van der Waals surface area contributed by atoms with Crippen LogP contribution in [0.5, 0.6) is 0 Å². The highest BCUT2D eigenvalue weighted by Crippen LogP contribution is 2.29. The Morgan fingerprint density at radius 1 is 1.28 bits per heavy atom. The Labute approximate surface area is 113 Å². The second kappa shape index (κ2) is 5.21. The third-order valence-corrected chi connectivity index (χ3v) is 4.16. The summed E-state index contributed by atoms with van der Waals surface area (Å²) in [6.45, 7) is 2.93. The molecule has 0 amide bonds. The van der Waals surface area contributed by atoms with Gasteiger partial charge in [-0.25, -0.2) is 13.2 Å². The van der Waals surface area contributed by atoms with Crippen LogP contribution in [-0.2, 0) is 6.54 Å². The lowest BCUT2D eigenvalue weighted by atomic mass is 10.1. The molecule has 0 spiro atoms. The molecule has 1 aromatic carbocycles. The van der Waals surface area contributed by atoms with Gasteiger partial charge >= 0.3 is 0 Å². The van der Waals surface area contributed by atoms with Gasteiger partial charge in [0, 0.05) is 42.5 Å². The number of piperidine rings is 1. The third kappa shape index (κ3) is 3.26. The number of halogens is 4. The highest BCUT2D eigenvalue weighted by Gasteiger charge is 2.33. The lowest BCUT2D eigenvalue weighted by Crippen LogP contribution is -2.39. The summed E-state index contributed by atoms with van der Waals surface area (Å²) in [4.78, 5) is 1.88. The number of hydrogen-bond acceptors (Lipinski definition) is 1. The Bertz CT molecular complexity index is 438. The van der Waals surface area contributed by atoms with Crippen molar-refractivity contribution in [2.75, 3.05) is 13.1 Å². The molecule has 0 N–H and O–H groups in total. The van der Waals surface area contributed by atoms with Gasteiger partial charge in [0.2, 0.25) is 0 Å². The number of nitrogens with zero attached hydrogens (tertiary/aromatic N) is 1. The topological polar surface area (TPSA) is 3.24 Å². The summed E-state index contributed by atoms with van der Waals surface area (Å²) >= 11 is 3.27. The van der Waals surface area contributed by atoms with E-state index in [1.54, 1.807) is 6.07 Å². The van der Waals surface area contributed by atoms with Gasteiger partial charge in [-0.1, -0.05) is 22.0 Å². The van der Waals surface area contributed by atoms with Gasteiger partial charge in [0.15, 0.2) is 0 Å². The predicted molar refractivity (Wildman–Crippen MR) is 68.3 cm³/mol. The first-order chi connectivity index (χ1) is 8.37. The van der Waals surface area contributed by atoms with Gasteiger partial charge in [-0.05, 0) is 18.6 Å². The summed E-state index contributed by atoms with van der Waals surface area (Å²) in [5, 5.41) is 0. The molecule has 0 aliphatic carbocycles. The molecule has 2 rings (SSSR count). The van der Waals surface area contributed by atoms with Crippen LogP contribution < -0.4 is 0 Å². The minimum Gasteiger partial charge on any atom is -0.299 e. The van der Waals surface area contributed by atoms with Gasteiger partial charge in [-0.2, -0.15) is 0 Å². The summed E-state index contributed by atoms with van der Waals surface area (Å²) in [6, 6.07) is 3.20. The number of likely N-dealkylation sites (tertiary alicyclic amines) is 1. The van der Waals surface area contributed by atoms with Crippen LogP contribution in [0.2, 0.25) is 0 Å². The van der Waals surface area contributed by atoms with Crippen molar-refractivity contribution in [2.24, 2.45) is 0 Å². The lowest BCUT2D eigenvalue weighted by Gasteiger charge is -2.31. The van der Waals surface area contributed by atoms with Crippen LogP contribution in [0, 0.1) is 12.7 Å². The van der Waals surface area contributed by atoms with Crippen molar-refractivity contribution in [2.45, 2.75) is 32.2 Å². The molecule has 100 valence electrons. The van der Waals surface area contributed by atoms with Crippen LogP contribution in [-0.4, -0.2) is 23.9 Å². The molecule has 1 saturated heterocycles. The quantitative estimate of drug-likeness (QED) is 0.791. The van der Waals surface area contributed by atoms with Gasteiger partial charge in [0.25, 0.3) is 5.92 Å². The van der Waals surface area contributed by atoms with Crippen LogP contribution >= 0.6 is 15.9 Å². The minimum absolute atomic E-state index is 0.135. The van der Waals surface area contributed by atoms with E-state index in [0.717, 1.165) is 10.0 Å². The van der Waals surface area contributed by atoms with Crippen molar-refractivity contribution in [3.63, 3.8) is 0 Å². The Morgan fingerprint density at radius 3 is 2.50 bits per heavy atom.